The predicted octanol–water partition coefficient (Wildman–Crippen LogP) is 6.48. The summed E-state index contributed by atoms with van der Waals surface area (Å²) in [4.78, 5) is 0.0870. The molecule has 0 bridgehead atoms. The van der Waals surface area contributed by atoms with E-state index in [1.165, 1.54) is 23.3 Å². The van der Waals surface area contributed by atoms with E-state index in [1.807, 2.05) is 23.2 Å². The molecule has 0 aromatic heterocycles. The Labute approximate surface area is 213 Å². The summed E-state index contributed by atoms with van der Waals surface area (Å²) in [5.74, 6) is 0.458. The molecule has 0 amide bonds. The van der Waals surface area contributed by atoms with Crippen molar-refractivity contribution in [1.82, 2.24) is 0 Å². The fourth-order valence-electron chi connectivity index (χ4n) is 4.56. The van der Waals surface area contributed by atoms with Crippen LogP contribution in [0.25, 0.3) is 11.1 Å². The van der Waals surface area contributed by atoms with Crippen molar-refractivity contribution in [3.63, 3.8) is 0 Å². The van der Waals surface area contributed by atoms with Crippen LogP contribution in [0.2, 0.25) is 0 Å². The quantitative estimate of drug-likeness (QED) is 0.333. The molecule has 0 fully saturated rings. The van der Waals surface area contributed by atoms with Gasteiger partial charge >= 0.3 is 0 Å². The minimum absolute atomic E-state index is 0.00431. The number of sulfonamides is 1. The number of rotatable bonds is 6. The van der Waals surface area contributed by atoms with Crippen molar-refractivity contribution in [2.45, 2.75) is 37.1 Å². The van der Waals surface area contributed by atoms with Gasteiger partial charge in [-0.1, -0.05) is 92.7 Å². The molecular formula is C30H29N3O2S. The molecule has 0 unspecified atom stereocenters. The zero-order valence-electron chi connectivity index (χ0n) is 20.4. The minimum Gasteiger partial charge on any atom is -0.257 e. The number of hydrazone groups is 1. The lowest BCUT2D eigenvalue weighted by Gasteiger charge is -2.24. The van der Waals surface area contributed by atoms with Crippen LogP contribution in [-0.4, -0.2) is 14.1 Å². The van der Waals surface area contributed by atoms with E-state index in [9.17, 15) is 8.42 Å². The summed E-state index contributed by atoms with van der Waals surface area (Å²) < 4.78 is 23.5. The maximum atomic E-state index is 11.7. The fraction of sp³-hybridized carbons (Fsp3) is 0.167. The van der Waals surface area contributed by atoms with Crippen LogP contribution in [0.1, 0.15) is 48.9 Å². The van der Waals surface area contributed by atoms with Crippen LogP contribution in [-0.2, 0) is 10.0 Å². The Morgan fingerprint density at radius 1 is 0.778 bits per heavy atom. The van der Waals surface area contributed by atoms with Gasteiger partial charge in [-0.25, -0.2) is 13.6 Å². The molecule has 0 saturated heterocycles. The van der Waals surface area contributed by atoms with Crippen molar-refractivity contribution in [3.8, 4) is 11.1 Å². The number of nitrogens with two attached hydrogens (primary N) is 1. The maximum Gasteiger partial charge on any atom is 0.238 e. The molecule has 5 rings (SSSR count). The molecule has 0 radical (unpaired) electrons. The highest BCUT2D eigenvalue weighted by molar-refractivity contribution is 7.89. The summed E-state index contributed by atoms with van der Waals surface area (Å²) in [7, 11) is -3.76. The molecule has 1 aliphatic rings. The number of nitrogens with zero attached hydrogens (tertiary/aromatic N) is 2. The first kappa shape index (κ1) is 24.0. The molecule has 6 heteroatoms. The van der Waals surface area contributed by atoms with E-state index in [1.54, 1.807) is 12.1 Å². The summed E-state index contributed by atoms with van der Waals surface area (Å²) in [6.45, 7) is 4.37. The summed E-state index contributed by atoms with van der Waals surface area (Å²) in [5, 5.41) is 12.3. The first-order valence-electron chi connectivity index (χ1n) is 12.0. The summed E-state index contributed by atoms with van der Waals surface area (Å²) in [6.07, 6.45) is 0.739. The smallest absolute Gasteiger partial charge is 0.238 e. The third-order valence-corrected chi connectivity index (χ3v) is 7.58. The van der Waals surface area contributed by atoms with Gasteiger partial charge in [0, 0.05) is 6.42 Å². The topological polar surface area (TPSA) is 75.8 Å². The Kier molecular flexibility index (Phi) is 6.48. The second kappa shape index (κ2) is 9.72. The third-order valence-electron chi connectivity index (χ3n) is 6.65. The molecule has 1 atom stereocenters. The normalized spacial score (nSPS) is 15.8. The highest BCUT2D eigenvalue weighted by atomic mass is 32.2. The number of anilines is 1. The SMILES string of the molecule is CC(C)c1ccc([C@@H]2CC(c3ccc(-c4ccccc4)cc3)=NN2c2ccc(S(N)(=O)=O)cc2)cc1. The average Bonchev–Trinajstić information content (AvgIpc) is 3.34. The van der Waals surface area contributed by atoms with Crippen LogP contribution in [0.4, 0.5) is 5.69 Å². The molecule has 0 spiro atoms. The molecule has 182 valence electrons. The highest BCUT2D eigenvalue weighted by Crippen LogP contribution is 2.37. The van der Waals surface area contributed by atoms with Crippen molar-refractivity contribution < 1.29 is 8.42 Å². The molecule has 2 N–H and O–H groups in total. The number of benzene rings is 4. The maximum absolute atomic E-state index is 11.7. The fourth-order valence-corrected chi connectivity index (χ4v) is 5.08. The standard InChI is InChI=1S/C30H29N3O2S/c1-21(2)22-8-14-26(15-9-22)30-20-29(25-12-10-24(11-13-25)23-6-4-3-5-7-23)32-33(30)27-16-18-28(19-17-27)36(31,34)35/h3-19,21,30H,20H2,1-2H3,(H2,31,34,35)/t30-/m0/s1. The summed E-state index contributed by atoms with van der Waals surface area (Å²) >= 11 is 0. The van der Waals surface area contributed by atoms with Crippen molar-refractivity contribution in [2.75, 3.05) is 5.01 Å². The summed E-state index contributed by atoms with van der Waals surface area (Å²) in [6, 6.07) is 34.1. The molecule has 5 nitrogen and oxygen atoms in total. The van der Waals surface area contributed by atoms with Gasteiger partial charge in [-0.15, -0.1) is 0 Å². The zero-order valence-corrected chi connectivity index (χ0v) is 21.2. The van der Waals surface area contributed by atoms with E-state index in [0.717, 1.165) is 34.5 Å². The first-order chi connectivity index (χ1) is 17.3. The Balaban J connectivity index is 1.49. The zero-order chi connectivity index (χ0) is 25.3. The van der Waals surface area contributed by atoms with Crippen LogP contribution in [0.15, 0.2) is 113 Å². The Morgan fingerprint density at radius 3 is 1.94 bits per heavy atom. The van der Waals surface area contributed by atoms with E-state index in [-0.39, 0.29) is 10.9 Å². The molecule has 0 aliphatic carbocycles. The number of hydrogen-bond donors (Lipinski definition) is 1. The van der Waals surface area contributed by atoms with Crippen LogP contribution in [0.5, 0.6) is 0 Å². The van der Waals surface area contributed by atoms with Crippen molar-refractivity contribution >= 4 is 21.4 Å². The second-order valence-corrected chi connectivity index (χ2v) is 11.0. The lowest BCUT2D eigenvalue weighted by atomic mass is 9.94. The number of hydrogen-bond acceptors (Lipinski definition) is 4. The molecule has 1 aliphatic heterocycles. The van der Waals surface area contributed by atoms with Crippen molar-refractivity contribution in [1.29, 1.82) is 0 Å². The second-order valence-electron chi connectivity index (χ2n) is 9.41. The van der Waals surface area contributed by atoms with Gasteiger partial charge in [0.1, 0.15) is 0 Å². The Bertz CT molecular complexity index is 1480. The lowest BCUT2D eigenvalue weighted by molar-refractivity contribution is 0.597. The van der Waals surface area contributed by atoms with Crippen LogP contribution in [0, 0.1) is 0 Å². The van der Waals surface area contributed by atoms with E-state index in [2.05, 4.69) is 74.5 Å². The van der Waals surface area contributed by atoms with E-state index in [4.69, 9.17) is 10.2 Å². The Hall–Kier alpha value is -3.74. The van der Waals surface area contributed by atoms with Gasteiger partial charge in [0.05, 0.1) is 22.3 Å². The molecular weight excluding hydrogens is 466 g/mol. The van der Waals surface area contributed by atoms with Gasteiger partial charge in [-0.05, 0) is 58.0 Å². The van der Waals surface area contributed by atoms with Gasteiger partial charge in [-0.2, -0.15) is 5.10 Å². The van der Waals surface area contributed by atoms with Gasteiger partial charge < -0.3 is 0 Å². The molecule has 0 saturated carbocycles. The lowest BCUT2D eigenvalue weighted by Crippen LogP contribution is -2.19. The summed E-state index contributed by atoms with van der Waals surface area (Å²) in [5.41, 5.74) is 7.67. The van der Waals surface area contributed by atoms with Gasteiger partial charge in [0.25, 0.3) is 0 Å². The van der Waals surface area contributed by atoms with Crippen molar-refractivity contribution in [3.05, 3.63) is 120 Å². The third kappa shape index (κ3) is 4.96. The molecule has 4 aromatic carbocycles. The molecule has 4 aromatic rings. The van der Waals surface area contributed by atoms with Crippen LogP contribution >= 0.6 is 0 Å². The van der Waals surface area contributed by atoms with Gasteiger partial charge in [0.15, 0.2) is 0 Å². The van der Waals surface area contributed by atoms with E-state index >= 15 is 0 Å². The van der Waals surface area contributed by atoms with Crippen LogP contribution < -0.4 is 10.1 Å². The minimum atomic E-state index is -3.76. The van der Waals surface area contributed by atoms with Crippen molar-refractivity contribution in [2.24, 2.45) is 10.2 Å². The predicted molar refractivity (Wildman–Crippen MR) is 147 cm³/mol. The average molecular weight is 496 g/mol. The van der Waals surface area contributed by atoms with E-state index in [0.29, 0.717) is 5.92 Å². The monoisotopic (exact) mass is 495 g/mol. The molecule has 1 heterocycles. The number of primary sulfonamides is 1. The molecule has 36 heavy (non-hydrogen) atoms. The van der Waals surface area contributed by atoms with Gasteiger partial charge in [-0.3, -0.25) is 5.01 Å². The van der Waals surface area contributed by atoms with E-state index < -0.39 is 10.0 Å². The van der Waals surface area contributed by atoms with Gasteiger partial charge in [0.2, 0.25) is 10.0 Å². The first-order valence-corrected chi connectivity index (χ1v) is 13.6. The highest BCUT2D eigenvalue weighted by Gasteiger charge is 2.30. The Morgan fingerprint density at radius 2 is 1.36 bits per heavy atom. The van der Waals surface area contributed by atoms with Crippen LogP contribution in [0.3, 0.4) is 0 Å². The largest absolute Gasteiger partial charge is 0.257 e.